The van der Waals surface area contributed by atoms with Gasteiger partial charge < -0.3 is 25.0 Å². The number of nitrogens with one attached hydrogen (secondary N) is 2. The summed E-state index contributed by atoms with van der Waals surface area (Å²) >= 11 is 0. The van der Waals surface area contributed by atoms with Crippen LogP contribution in [0.15, 0.2) is 23.2 Å². The molecule has 0 saturated carbocycles. The van der Waals surface area contributed by atoms with Gasteiger partial charge in [0.15, 0.2) is 5.96 Å². The van der Waals surface area contributed by atoms with Crippen molar-refractivity contribution >= 4 is 5.96 Å². The molecule has 1 aromatic carbocycles. The topological polar surface area (TPSA) is 58.1 Å². The summed E-state index contributed by atoms with van der Waals surface area (Å²) in [6.07, 6.45) is 0.965. The van der Waals surface area contributed by atoms with Crippen molar-refractivity contribution in [3.63, 3.8) is 0 Å². The molecule has 0 unspecified atom stereocenters. The van der Waals surface area contributed by atoms with Crippen molar-refractivity contribution < 1.29 is 18.3 Å². The van der Waals surface area contributed by atoms with E-state index >= 15 is 0 Å². The first-order valence-electron chi connectivity index (χ1n) is 7.67. The average Bonchev–Trinajstić information content (AvgIpc) is 2.54. The maximum atomic E-state index is 12.5. The third-order valence-corrected chi connectivity index (χ3v) is 3.23. The molecule has 8 heteroatoms. The van der Waals surface area contributed by atoms with Crippen molar-refractivity contribution in [3.05, 3.63) is 23.8 Å². The summed E-state index contributed by atoms with van der Waals surface area (Å²) in [6.45, 7) is -0.865. The van der Waals surface area contributed by atoms with Gasteiger partial charge in [-0.25, -0.2) is 0 Å². The Kier molecular flexibility index (Phi) is 8.85. The monoisotopic (exact) mass is 344 g/mol. The van der Waals surface area contributed by atoms with Gasteiger partial charge in [0, 0.05) is 25.7 Å². The maximum absolute atomic E-state index is 12.5. The second kappa shape index (κ2) is 10.6. The van der Waals surface area contributed by atoms with Crippen molar-refractivity contribution in [1.82, 2.24) is 15.5 Å². The highest BCUT2D eigenvalue weighted by atomic mass is 19.3. The number of hydrogen-bond acceptors (Lipinski definition) is 4. The fourth-order valence-electron chi connectivity index (χ4n) is 2.03. The van der Waals surface area contributed by atoms with E-state index in [-0.39, 0.29) is 12.3 Å². The molecule has 0 aromatic heterocycles. The zero-order valence-electron chi connectivity index (χ0n) is 14.6. The third-order valence-electron chi connectivity index (χ3n) is 3.23. The SMILES string of the molecule is CN=C(NCCCN(C)C)NCc1cc(OC)ccc1OC(F)F. The summed E-state index contributed by atoms with van der Waals surface area (Å²) in [6, 6.07) is 4.70. The minimum atomic E-state index is -2.87. The summed E-state index contributed by atoms with van der Waals surface area (Å²) in [5.41, 5.74) is 0.561. The Morgan fingerprint density at radius 2 is 2.04 bits per heavy atom. The molecule has 1 rings (SSSR count). The standard InChI is InChI=1S/C16H26F2N4O2/c1-19-16(20-8-5-9-22(2)3)21-11-12-10-13(23-4)6-7-14(12)24-15(17)18/h6-7,10,15H,5,8-9,11H2,1-4H3,(H2,19,20,21). The molecular weight excluding hydrogens is 318 g/mol. The molecule has 136 valence electrons. The molecule has 24 heavy (non-hydrogen) atoms. The van der Waals surface area contributed by atoms with Crippen LogP contribution in [0.1, 0.15) is 12.0 Å². The van der Waals surface area contributed by atoms with E-state index in [1.54, 1.807) is 19.2 Å². The van der Waals surface area contributed by atoms with Gasteiger partial charge in [-0.2, -0.15) is 8.78 Å². The van der Waals surface area contributed by atoms with Crippen molar-refractivity contribution in [2.45, 2.75) is 19.6 Å². The Morgan fingerprint density at radius 1 is 1.29 bits per heavy atom. The number of methoxy groups -OCH3 is 1. The molecule has 6 nitrogen and oxygen atoms in total. The number of halogens is 2. The Balaban J connectivity index is 2.62. The van der Waals surface area contributed by atoms with Crippen molar-refractivity contribution in [2.75, 3.05) is 41.3 Å². The van der Waals surface area contributed by atoms with Crippen LogP contribution in [0.3, 0.4) is 0 Å². The molecule has 0 heterocycles. The number of hydrogen-bond donors (Lipinski definition) is 2. The lowest BCUT2D eigenvalue weighted by atomic mass is 10.2. The number of ether oxygens (including phenoxy) is 2. The van der Waals surface area contributed by atoms with Crippen LogP contribution in [0.5, 0.6) is 11.5 Å². The molecule has 0 saturated heterocycles. The summed E-state index contributed by atoms with van der Waals surface area (Å²) in [4.78, 5) is 6.21. The largest absolute Gasteiger partial charge is 0.497 e. The van der Waals surface area contributed by atoms with Gasteiger partial charge in [-0.15, -0.1) is 0 Å². The highest BCUT2D eigenvalue weighted by Crippen LogP contribution is 2.25. The highest BCUT2D eigenvalue weighted by molar-refractivity contribution is 5.79. The van der Waals surface area contributed by atoms with E-state index in [0.717, 1.165) is 19.5 Å². The Bertz CT molecular complexity index is 525. The number of aliphatic imine (C=N–C) groups is 1. The molecule has 0 fully saturated rings. The lowest BCUT2D eigenvalue weighted by Gasteiger charge is -2.16. The van der Waals surface area contributed by atoms with Gasteiger partial charge in [-0.1, -0.05) is 0 Å². The number of guanidine groups is 1. The van der Waals surface area contributed by atoms with E-state index in [2.05, 4.69) is 25.3 Å². The fourth-order valence-corrected chi connectivity index (χ4v) is 2.03. The molecule has 0 aliphatic carbocycles. The molecule has 0 radical (unpaired) electrons. The smallest absolute Gasteiger partial charge is 0.387 e. The second-order valence-corrected chi connectivity index (χ2v) is 5.36. The van der Waals surface area contributed by atoms with Crippen LogP contribution in [0.2, 0.25) is 0 Å². The third kappa shape index (κ3) is 7.45. The van der Waals surface area contributed by atoms with E-state index in [0.29, 0.717) is 17.3 Å². The minimum Gasteiger partial charge on any atom is -0.497 e. The lowest BCUT2D eigenvalue weighted by molar-refractivity contribution is -0.0504. The quantitative estimate of drug-likeness (QED) is 0.407. The lowest BCUT2D eigenvalue weighted by Crippen LogP contribution is -2.38. The number of benzene rings is 1. The number of alkyl halides is 2. The first kappa shape index (κ1) is 20.0. The van der Waals surface area contributed by atoms with Crippen LogP contribution in [-0.2, 0) is 6.54 Å². The van der Waals surface area contributed by atoms with Gasteiger partial charge in [-0.05, 0) is 45.3 Å². The van der Waals surface area contributed by atoms with Crippen LogP contribution in [-0.4, -0.2) is 58.8 Å². The molecule has 0 atom stereocenters. The first-order valence-corrected chi connectivity index (χ1v) is 7.67. The fraction of sp³-hybridized carbons (Fsp3) is 0.562. The molecular formula is C16H26F2N4O2. The predicted molar refractivity (Wildman–Crippen MR) is 91.0 cm³/mol. The van der Waals surface area contributed by atoms with Crippen molar-refractivity contribution in [3.8, 4) is 11.5 Å². The molecule has 0 amide bonds. The summed E-state index contributed by atoms with van der Waals surface area (Å²) < 4.78 is 34.7. The second-order valence-electron chi connectivity index (χ2n) is 5.36. The number of rotatable bonds is 9. The van der Waals surface area contributed by atoms with Gasteiger partial charge in [-0.3, -0.25) is 4.99 Å². The summed E-state index contributed by atoms with van der Waals surface area (Å²) in [7, 11) is 7.20. The van der Waals surface area contributed by atoms with E-state index in [1.165, 1.54) is 13.2 Å². The summed E-state index contributed by atoms with van der Waals surface area (Å²) in [5, 5.41) is 6.26. The molecule has 1 aromatic rings. The Labute approximate surface area is 141 Å². The number of nitrogens with zero attached hydrogens (tertiary/aromatic N) is 2. The zero-order valence-corrected chi connectivity index (χ0v) is 14.6. The van der Waals surface area contributed by atoms with E-state index in [1.807, 2.05) is 14.1 Å². The van der Waals surface area contributed by atoms with Gasteiger partial charge in [0.1, 0.15) is 11.5 Å². The Morgan fingerprint density at radius 3 is 2.62 bits per heavy atom. The van der Waals surface area contributed by atoms with Crippen LogP contribution in [0, 0.1) is 0 Å². The van der Waals surface area contributed by atoms with Crippen molar-refractivity contribution in [1.29, 1.82) is 0 Å². The summed E-state index contributed by atoms with van der Waals surface area (Å²) in [5.74, 6) is 1.28. The van der Waals surface area contributed by atoms with Gasteiger partial charge >= 0.3 is 6.61 Å². The minimum absolute atomic E-state index is 0.112. The molecule has 0 spiro atoms. The van der Waals surface area contributed by atoms with E-state index < -0.39 is 6.61 Å². The van der Waals surface area contributed by atoms with E-state index in [9.17, 15) is 8.78 Å². The molecule has 0 aliphatic heterocycles. The zero-order chi connectivity index (χ0) is 17.9. The highest BCUT2D eigenvalue weighted by Gasteiger charge is 2.11. The van der Waals surface area contributed by atoms with Crippen LogP contribution in [0.25, 0.3) is 0 Å². The normalized spacial score (nSPS) is 11.8. The maximum Gasteiger partial charge on any atom is 0.387 e. The van der Waals surface area contributed by atoms with Crippen LogP contribution >= 0.6 is 0 Å². The average molecular weight is 344 g/mol. The van der Waals surface area contributed by atoms with Gasteiger partial charge in [0.2, 0.25) is 0 Å². The van der Waals surface area contributed by atoms with E-state index in [4.69, 9.17) is 4.74 Å². The van der Waals surface area contributed by atoms with Gasteiger partial charge in [0.25, 0.3) is 0 Å². The first-order chi connectivity index (χ1) is 11.5. The van der Waals surface area contributed by atoms with Gasteiger partial charge in [0.05, 0.1) is 7.11 Å². The Hall–Kier alpha value is -2.09. The van der Waals surface area contributed by atoms with Crippen LogP contribution < -0.4 is 20.1 Å². The van der Waals surface area contributed by atoms with Crippen molar-refractivity contribution in [2.24, 2.45) is 4.99 Å². The molecule has 2 N–H and O–H groups in total. The predicted octanol–water partition coefficient (Wildman–Crippen LogP) is 1.91. The molecule has 0 bridgehead atoms. The molecule has 0 aliphatic rings. The van der Waals surface area contributed by atoms with Crippen LogP contribution in [0.4, 0.5) is 8.78 Å².